The van der Waals surface area contributed by atoms with Crippen molar-refractivity contribution in [3.63, 3.8) is 0 Å². The summed E-state index contributed by atoms with van der Waals surface area (Å²) in [6.45, 7) is 4.64. The molecule has 3 rings (SSSR count). The third-order valence-electron chi connectivity index (χ3n) is 5.45. The highest BCUT2D eigenvalue weighted by molar-refractivity contribution is 5.80. The van der Waals surface area contributed by atoms with Crippen LogP contribution in [0.15, 0.2) is 30.3 Å². The van der Waals surface area contributed by atoms with Crippen LogP contribution in [0.25, 0.3) is 0 Å². The minimum atomic E-state index is 0.144. The molecule has 2 aliphatic rings. The van der Waals surface area contributed by atoms with Crippen LogP contribution in [-0.4, -0.2) is 5.91 Å². The molecular formula is C18H25NO. The van der Waals surface area contributed by atoms with E-state index in [1.807, 2.05) is 6.07 Å². The molecule has 20 heavy (non-hydrogen) atoms. The van der Waals surface area contributed by atoms with E-state index in [9.17, 15) is 4.79 Å². The summed E-state index contributed by atoms with van der Waals surface area (Å²) in [5, 5.41) is 3.28. The van der Waals surface area contributed by atoms with Gasteiger partial charge in [0.15, 0.2) is 0 Å². The van der Waals surface area contributed by atoms with Gasteiger partial charge >= 0.3 is 0 Å². The lowest BCUT2D eigenvalue weighted by atomic mass is 9.58. The first-order valence-corrected chi connectivity index (χ1v) is 7.98. The summed E-state index contributed by atoms with van der Waals surface area (Å²) in [4.78, 5) is 12.2. The van der Waals surface area contributed by atoms with Crippen molar-refractivity contribution in [2.45, 2.75) is 52.0 Å². The second-order valence-corrected chi connectivity index (χ2v) is 6.92. The lowest BCUT2D eigenvalue weighted by Crippen LogP contribution is -2.41. The van der Waals surface area contributed by atoms with E-state index in [0.717, 1.165) is 6.42 Å². The SMILES string of the molecule is CC(C)C1CCCCC12CC(=O)NC2c1ccccc1. The third-order valence-corrected chi connectivity index (χ3v) is 5.45. The number of carbonyl (C=O) groups is 1. The van der Waals surface area contributed by atoms with E-state index in [-0.39, 0.29) is 17.4 Å². The first-order valence-electron chi connectivity index (χ1n) is 7.98. The maximum absolute atomic E-state index is 12.2. The summed E-state index contributed by atoms with van der Waals surface area (Å²) < 4.78 is 0. The molecule has 1 saturated carbocycles. The number of hydrogen-bond donors (Lipinski definition) is 1. The molecule has 2 nitrogen and oxygen atoms in total. The quantitative estimate of drug-likeness (QED) is 0.862. The normalized spacial score (nSPS) is 33.6. The van der Waals surface area contributed by atoms with Gasteiger partial charge in [-0.2, -0.15) is 0 Å². The number of benzene rings is 1. The molecule has 1 spiro atoms. The van der Waals surface area contributed by atoms with E-state index in [1.54, 1.807) is 0 Å². The molecule has 1 aromatic rings. The van der Waals surface area contributed by atoms with Gasteiger partial charge in [-0.25, -0.2) is 0 Å². The Bertz CT molecular complexity index is 481. The Morgan fingerprint density at radius 3 is 2.65 bits per heavy atom. The molecule has 1 N–H and O–H groups in total. The fourth-order valence-electron chi connectivity index (χ4n) is 4.68. The summed E-state index contributed by atoms with van der Waals surface area (Å²) in [5.74, 6) is 1.54. The van der Waals surface area contributed by atoms with Crippen LogP contribution in [0.2, 0.25) is 0 Å². The van der Waals surface area contributed by atoms with Crippen molar-refractivity contribution in [2.75, 3.05) is 0 Å². The summed E-state index contributed by atoms with van der Waals surface area (Å²) in [6.07, 6.45) is 5.77. The average Bonchev–Trinajstić information content (AvgIpc) is 2.77. The molecule has 1 saturated heterocycles. The first kappa shape index (κ1) is 13.7. The van der Waals surface area contributed by atoms with Crippen LogP contribution in [0.1, 0.15) is 57.6 Å². The van der Waals surface area contributed by atoms with Gasteiger partial charge < -0.3 is 5.32 Å². The predicted octanol–water partition coefficient (Wildman–Crippen LogP) is 4.08. The number of carbonyl (C=O) groups excluding carboxylic acids is 1. The summed E-state index contributed by atoms with van der Waals surface area (Å²) in [7, 11) is 0. The summed E-state index contributed by atoms with van der Waals surface area (Å²) in [6, 6.07) is 10.8. The summed E-state index contributed by atoms with van der Waals surface area (Å²) >= 11 is 0. The second kappa shape index (κ2) is 5.23. The second-order valence-electron chi connectivity index (χ2n) is 6.92. The third kappa shape index (κ3) is 2.15. The average molecular weight is 271 g/mol. The van der Waals surface area contributed by atoms with E-state index in [0.29, 0.717) is 11.8 Å². The number of amides is 1. The maximum Gasteiger partial charge on any atom is 0.221 e. The molecule has 108 valence electrons. The van der Waals surface area contributed by atoms with Gasteiger partial charge in [0.2, 0.25) is 5.91 Å². The molecule has 3 unspecified atom stereocenters. The van der Waals surface area contributed by atoms with Crippen molar-refractivity contribution >= 4 is 5.91 Å². The lowest BCUT2D eigenvalue weighted by molar-refractivity contribution is -0.120. The highest BCUT2D eigenvalue weighted by atomic mass is 16.2. The molecule has 3 atom stereocenters. The Morgan fingerprint density at radius 1 is 1.20 bits per heavy atom. The van der Waals surface area contributed by atoms with Gasteiger partial charge in [-0.15, -0.1) is 0 Å². The van der Waals surface area contributed by atoms with Crippen LogP contribution in [0.4, 0.5) is 0 Å². The van der Waals surface area contributed by atoms with Crippen molar-refractivity contribution in [3.8, 4) is 0 Å². The van der Waals surface area contributed by atoms with Gasteiger partial charge in [0.05, 0.1) is 6.04 Å². The molecule has 2 fully saturated rings. The Labute approximate surface area is 122 Å². The van der Waals surface area contributed by atoms with Crippen molar-refractivity contribution < 1.29 is 4.79 Å². The Kier molecular flexibility index (Phi) is 3.57. The zero-order chi connectivity index (χ0) is 14.2. The topological polar surface area (TPSA) is 29.1 Å². The maximum atomic E-state index is 12.2. The number of rotatable bonds is 2. The van der Waals surface area contributed by atoms with E-state index >= 15 is 0 Å². The first-order chi connectivity index (χ1) is 9.63. The molecule has 1 heterocycles. The zero-order valence-corrected chi connectivity index (χ0v) is 12.6. The molecule has 1 aliphatic carbocycles. The van der Waals surface area contributed by atoms with Gasteiger partial charge in [-0.1, -0.05) is 57.0 Å². The molecule has 0 aromatic heterocycles. The monoisotopic (exact) mass is 271 g/mol. The standard InChI is InChI=1S/C18H25NO/c1-13(2)15-10-6-7-11-18(15)12-16(20)19-17(18)14-8-4-3-5-9-14/h3-5,8-9,13,15,17H,6-7,10-12H2,1-2H3,(H,19,20). The van der Waals surface area contributed by atoms with E-state index in [4.69, 9.17) is 0 Å². The van der Waals surface area contributed by atoms with Crippen LogP contribution < -0.4 is 5.32 Å². The minimum Gasteiger partial charge on any atom is -0.349 e. The number of nitrogens with one attached hydrogen (secondary N) is 1. The fourth-order valence-corrected chi connectivity index (χ4v) is 4.68. The zero-order valence-electron chi connectivity index (χ0n) is 12.6. The Balaban J connectivity index is 2.01. The smallest absolute Gasteiger partial charge is 0.221 e. The van der Waals surface area contributed by atoms with Crippen LogP contribution in [0.5, 0.6) is 0 Å². The van der Waals surface area contributed by atoms with Gasteiger partial charge in [0.25, 0.3) is 0 Å². The Morgan fingerprint density at radius 2 is 1.95 bits per heavy atom. The van der Waals surface area contributed by atoms with Crippen molar-refractivity contribution in [2.24, 2.45) is 17.3 Å². The fraction of sp³-hybridized carbons (Fsp3) is 0.611. The van der Waals surface area contributed by atoms with Gasteiger partial charge in [0, 0.05) is 11.8 Å². The predicted molar refractivity (Wildman–Crippen MR) is 81.2 cm³/mol. The van der Waals surface area contributed by atoms with Gasteiger partial charge in [-0.05, 0) is 30.2 Å². The lowest BCUT2D eigenvalue weighted by Gasteiger charge is -2.46. The molecule has 1 amide bonds. The van der Waals surface area contributed by atoms with Gasteiger partial charge in [-0.3, -0.25) is 4.79 Å². The highest BCUT2D eigenvalue weighted by Gasteiger charge is 2.53. The van der Waals surface area contributed by atoms with Crippen molar-refractivity contribution in [1.29, 1.82) is 0 Å². The number of hydrogen-bond acceptors (Lipinski definition) is 1. The summed E-state index contributed by atoms with van der Waals surface area (Å²) in [5.41, 5.74) is 1.43. The van der Waals surface area contributed by atoms with E-state index < -0.39 is 0 Å². The highest BCUT2D eigenvalue weighted by Crippen LogP contribution is 2.57. The largest absolute Gasteiger partial charge is 0.349 e. The Hall–Kier alpha value is -1.31. The molecule has 0 bridgehead atoms. The minimum absolute atomic E-state index is 0.144. The van der Waals surface area contributed by atoms with Crippen molar-refractivity contribution in [1.82, 2.24) is 5.32 Å². The van der Waals surface area contributed by atoms with E-state index in [1.165, 1.54) is 31.2 Å². The molecular weight excluding hydrogens is 246 g/mol. The van der Waals surface area contributed by atoms with Crippen LogP contribution in [0, 0.1) is 17.3 Å². The molecule has 1 aromatic carbocycles. The molecule has 0 radical (unpaired) electrons. The van der Waals surface area contributed by atoms with Crippen LogP contribution >= 0.6 is 0 Å². The molecule has 1 aliphatic heterocycles. The van der Waals surface area contributed by atoms with E-state index in [2.05, 4.69) is 43.4 Å². The van der Waals surface area contributed by atoms with Crippen molar-refractivity contribution in [3.05, 3.63) is 35.9 Å². The molecule has 2 heteroatoms. The van der Waals surface area contributed by atoms with Crippen LogP contribution in [0.3, 0.4) is 0 Å². The van der Waals surface area contributed by atoms with Crippen LogP contribution in [-0.2, 0) is 4.79 Å². The van der Waals surface area contributed by atoms with Gasteiger partial charge in [0.1, 0.15) is 0 Å².